The minimum atomic E-state index is -0.273. The van der Waals surface area contributed by atoms with Crippen molar-refractivity contribution in [2.75, 3.05) is 0 Å². The Balaban J connectivity index is 2.03. The van der Waals surface area contributed by atoms with Crippen molar-refractivity contribution in [1.82, 2.24) is 5.32 Å². The highest BCUT2D eigenvalue weighted by atomic mass is 16.4. The molecule has 1 fully saturated rings. The van der Waals surface area contributed by atoms with Crippen LogP contribution in [0.2, 0.25) is 0 Å². The Bertz CT molecular complexity index is 448. The van der Waals surface area contributed by atoms with Gasteiger partial charge in [0, 0.05) is 18.2 Å². The summed E-state index contributed by atoms with van der Waals surface area (Å²) in [5, 5.41) is 25.1. The number of amidine groups is 1. The molecule has 2 unspecified atom stereocenters. The first-order chi connectivity index (χ1) is 9.22. The average molecular weight is 263 g/mol. The highest BCUT2D eigenvalue weighted by molar-refractivity contribution is 5.98. The molecule has 19 heavy (non-hydrogen) atoms. The van der Waals surface area contributed by atoms with Gasteiger partial charge in [0.1, 0.15) is 0 Å². The average Bonchev–Trinajstić information content (AvgIpc) is 2.46. The SMILES string of the molecule is NC(=NO)c1ccccc1CNC1CCCCC1O. The highest BCUT2D eigenvalue weighted by Crippen LogP contribution is 2.19. The van der Waals surface area contributed by atoms with Crippen LogP contribution in [0, 0.1) is 0 Å². The number of oxime groups is 1. The Morgan fingerprint density at radius 1 is 1.32 bits per heavy atom. The number of rotatable bonds is 4. The van der Waals surface area contributed by atoms with Crippen LogP contribution < -0.4 is 11.1 Å². The zero-order valence-corrected chi connectivity index (χ0v) is 10.9. The molecule has 1 saturated carbocycles. The molecule has 2 atom stereocenters. The molecule has 0 aromatic heterocycles. The van der Waals surface area contributed by atoms with Crippen molar-refractivity contribution in [3.63, 3.8) is 0 Å². The maximum absolute atomic E-state index is 9.92. The number of aliphatic hydroxyl groups is 1. The van der Waals surface area contributed by atoms with Crippen LogP contribution in [-0.4, -0.2) is 28.3 Å². The van der Waals surface area contributed by atoms with Crippen LogP contribution in [-0.2, 0) is 6.54 Å². The van der Waals surface area contributed by atoms with Gasteiger partial charge in [-0.3, -0.25) is 0 Å². The molecule has 0 aliphatic heterocycles. The van der Waals surface area contributed by atoms with Crippen molar-refractivity contribution in [2.24, 2.45) is 10.9 Å². The van der Waals surface area contributed by atoms with Gasteiger partial charge in [0.15, 0.2) is 5.84 Å². The lowest BCUT2D eigenvalue weighted by Crippen LogP contribution is -2.41. The lowest BCUT2D eigenvalue weighted by atomic mass is 9.92. The molecular formula is C14H21N3O2. The number of nitrogens with two attached hydrogens (primary N) is 1. The Morgan fingerprint density at radius 2 is 2.05 bits per heavy atom. The molecule has 0 radical (unpaired) electrons. The first-order valence-electron chi connectivity index (χ1n) is 6.69. The molecule has 0 spiro atoms. The number of benzene rings is 1. The summed E-state index contributed by atoms with van der Waals surface area (Å²) in [6.45, 7) is 0.605. The third kappa shape index (κ3) is 3.45. The summed E-state index contributed by atoms with van der Waals surface area (Å²) in [7, 11) is 0. The van der Waals surface area contributed by atoms with Crippen molar-refractivity contribution in [2.45, 2.75) is 44.4 Å². The van der Waals surface area contributed by atoms with E-state index in [1.54, 1.807) is 0 Å². The van der Waals surface area contributed by atoms with Gasteiger partial charge in [0.25, 0.3) is 0 Å². The molecule has 0 amide bonds. The fourth-order valence-electron chi connectivity index (χ4n) is 2.57. The van der Waals surface area contributed by atoms with E-state index < -0.39 is 0 Å². The van der Waals surface area contributed by atoms with Gasteiger partial charge in [-0.15, -0.1) is 0 Å². The second kappa shape index (κ2) is 6.54. The summed E-state index contributed by atoms with van der Waals surface area (Å²) < 4.78 is 0. The van der Waals surface area contributed by atoms with Gasteiger partial charge >= 0.3 is 0 Å². The smallest absolute Gasteiger partial charge is 0.170 e. The number of hydrogen-bond acceptors (Lipinski definition) is 4. The number of nitrogens with zero attached hydrogens (tertiary/aromatic N) is 1. The largest absolute Gasteiger partial charge is 0.409 e. The quantitative estimate of drug-likeness (QED) is 0.284. The zero-order chi connectivity index (χ0) is 13.7. The van der Waals surface area contributed by atoms with Crippen LogP contribution in [0.4, 0.5) is 0 Å². The van der Waals surface area contributed by atoms with E-state index in [0.29, 0.717) is 6.54 Å². The van der Waals surface area contributed by atoms with Crippen LogP contribution in [0.5, 0.6) is 0 Å². The van der Waals surface area contributed by atoms with Crippen molar-refractivity contribution < 1.29 is 10.3 Å². The van der Waals surface area contributed by atoms with Gasteiger partial charge in [0.2, 0.25) is 0 Å². The van der Waals surface area contributed by atoms with Crippen molar-refractivity contribution >= 4 is 5.84 Å². The van der Waals surface area contributed by atoms with E-state index in [-0.39, 0.29) is 18.0 Å². The zero-order valence-electron chi connectivity index (χ0n) is 10.9. The summed E-state index contributed by atoms with van der Waals surface area (Å²) in [6, 6.07) is 7.67. The van der Waals surface area contributed by atoms with Gasteiger partial charge in [-0.2, -0.15) is 0 Å². The third-order valence-electron chi connectivity index (χ3n) is 3.69. The van der Waals surface area contributed by atoms with E-state index in [4.69, 9.17) is 10.9 Å². The molecule has 1 aromatic rings. The van der Waals surface area contributed by atoms with E-state index >= 15 is 0 Å². The molecule has 5 heteroatoms. The molecule has 0 heterocycles. The number of hydrogen-bond donors (Lipinski definition) is 4. The van der Waals surface area contributed by atoms with Crippen LogP contribution in [0.3, 0.4) is 0 Å². The van der Waals surface area contributed by atoms with E-state index in [9.17, 15) is 5.11 Å². The second-order valence-corrected chi connectivity index (χ2v) is 4.98. The van der Waals surface area contributed by atoms with Gasteiger partial charge in [-0.25, -0.2) is 0 Å². The topological polar surface area (TPSA) is 90.9 Å². The number of aliphatic hydroxyl groups excluding tert-OH is 1. The Labute approximate surface area is 113 Å². The van der Waals surface area contributed by atoms with Crippen LogP contribution >= 0.6 is 0 Å². The van der Waals surface area contributed by atoms with Gasteiger partial charge < -0.3 is 21.4 Å². The molecule has 1 aliphatic carbocycles. The van der Waals surface area contributed by atoms with Crippen LogP contribution in [0.15, 0.2) is 29.4 Å². The van der Waals surface area contributed by atoms with E-state index in [1.165, 1.54) is 0 Å². The minimum Gasteiger partial charge on any atom is -0.409 e. The highest BCUT2D eigenvalue weighted by Gasteiger charge is 2.22. The molecule has 0 saturated heterocycles. The van der Waals surface area contributed by atoms with E-state index in [2.05, 4.69) is 10.5 Å². The fourth-order valence-corrected chi connectivity index (χ4v) is 2.57. The predicted molar refractivity (Wildman–Crippen MR) is 74.1 cm³/mol. The maximum atomic E-state index is 9.92. The third-order valence-corrected chi connectivity index (χ3v) is 3.69. The monoisotopic (exact) mass is 263 g/mol. The van der Waals surface area contributed by atoms with Crippen LogP contribution in [0.1, 0.15) is 36.8 Å². The molecular weight excluding hydrogens is 242 g/mol. The summed E-state index contributed by atoms with van der Waals surface area (Å²) in [4.78, 5) is 0. The molecule has 0 bridgehead atoms. The Morgan fingerprint density at radius 3 is 2.79 bits per heavy atom. The van der Waals surface area contributed by atoms with Gasteiger partial charge in [-0.05, 0) is 18.4 Å². The summed E-state index contributed by atoms with van der Waals surface area (Å²) >= 11 is 0. The predicted octanol–water partition coefficient (Wildman–Crippen LogP) is 1.17. The fraction of sp³-hybridized carbons (Fsp3) is 0.500. The molecule has 1 aromatic carbocycles. The molecule has 5 N–H and O–H groups in total. The molecule has 104 valence electrons. The normalized spacial score (nSPS) is 24.4. The Hall–Kier alpha value is -1.59. The second-order valence-electron chi connectivity index (χ2n) is 4.98. The summed E-state index contributed by atoms with van der Waals surface area (Å²) in [5.74, 6) is 0.113. The lowest BCUT2D eigenvalue weighted by Gasteiger charge is -2.28. The van der Waals surface area contributed by atoms with Crippen molar-refractivity contribution in [3.8, 4) is 0 Å². The summed E-state index contributed by atoms with van der Waals surface area (Å²) in [5.41, 5.74) is 7.35. The van der Waals surface area contributed by atoms with Crippen molar-refractivity contribution in [3.05, 3.63) is 35.4 Å². The standard InChI is InChI=1S/C14H21N3O2/c15-14(17-19)11-6-2-1-5-10(11)9-16-12-7-3-4-8-13(12)18/h1-2,5-6,12-13,16,18-19H,3-4,7-9H2,(H2,15,17). The van der Waals surface area contributed by atoms with E-state index in [1.807, 2.05) is 24.3 Å². The van der Waals surface area contributed by atoms with Crippen molar-refractivity contribution in [1.29, 1.82) is 0 Å². The first kappa shape index (κ1) is 13.8. The lowest BCUT2D eigenvalue weighted by molar-refractivity contribution is 0.0902. The van der Waals surface area contributed by atoms with Gasteiger partial charge in [-0.1, -0.05) is 42.3 Å². The Kier molecular flexibility index (Phi) is 4.76. The van der Waals surface area contributed by atoms with E-state index in [0.717, 1.165) is 36.8 Å². The summed E-state index contributed by atoms with van der Waals surface area (Å²) in [6.07, 6.45) is 3.83. The minimum absolute atomic E-state index is 0.113. The maximum Gasteiger partial charge on any atom is 0.170 e. The number of nitrogens with one attached hydrogen (secondary N) is 1. The van der Waals surface area contributed by atoms with Gasteiger partial charge in [0.05, 0.1) is 6.10 Å². The molecule has 5 nitrogen and oxygen atoms in total. The molecule has 2 rings (SSSR count). The first-order valence-corrected chi connectivity index (χ1v) is 6.69. The van der Waals surface area contributed by atoms with Crippen LogP contribution in [0.25, 0.3) is 0 Å². The molecule has 1 aliphatic rings.